The second-order valence-electron chi connectivity index (χ2n) is 5.74. The largest absolute Gasteiger partial charge is 0.457 e. The van der Waals surface area contributed by atoms with Crippen molar-refractivity contribution in [3.63, 3.8) is 0 Å². The van der Waals surface area contributed by atoms with Crippen molar-refractivity contribution >= 4 is 10.9 Å². The zero-order chi connectivity index (χ0) is 22.1. The second-order valence-corrected chi connectivity index (χ2v) is 5.74. The molecular weight excluding hydrogens is 389 g/mol. The average Bonchev–Trinajstić information content (AvgIpc) is 3.21. The number of ether oxygens (including phenoxy) is 1. The molecule has 0 unspecified atom stereocenters. The number of alkyl halides is 3. The van der Waals surface area contributed by atoms with E-state index < -0.39 is 11.7 Å². The number of benzene rings is 2. The monoisotopic (exact) mass is 414 g/mol. The number of hydrogen-bond donors (Lipinski definition) is 0. The summed E-state index contributed by atoms with van der Waals surface area (Å²) in [6, 6.07) is 15.9. The first kappa shape index (κ1) is 23.0. The molecular formula is C24H25F3N2O. The molecule has 0 aliphatic rings. The van der Waals surface area contributed by atoms with Gasteiger partial charge in [-0.05, 0) is 60.7 Å². The maximum atomic E-state index is 12.6. The summed E-state index contributed by atoms with van der Waals surface area (Å²) in [5, 5.41) is 1.09. The lowest BCUT2D eigenvalue weighted by Crippen LogP contribution is -2.03. The Bertz CT molecular complexity index is 1040. The molecule has 0 fully saturated rings. The molecule has 0 bridgehead atoms. The zero-order valence-electron chi connectivity index (χ0n) is 17.4. The van der Waals surface area contributed by atoms with Gasteiger partial charge >= 0.3 is 6.18 Å². The predicted octanol–water partition coefficient (Wildman–Crippen LogP) is 7.89. The molecule has 0 amide bonds. The summed E-state index contributed by atoms with van der Waals surface area (Å²) < 4.78 is 45.4. The minimum absolute atomic E-state index is 0.348. The third-order valence-electron chi connectivity index (χ3n) is 4.03. The highest BCUT2D eigenvalue weighted by atomic mass is 19.4. The fraction of sp³-hybridized carbons (Fsp3) is 0.208. The predicted molar refractivity (Wildman–Crippen MR) is 115 cm³/mol. The van der Waals surface area contributed by atoms with Crippen LogP contribution < -0.4 is 4.74 Å². The van der Waals surface area contributed by atoms with Gasteiger partial charge in [0.15, 0.2) is 0 Å². The Morgan fingerprint density at radius 2 is 1.33 bits per heavy atom. The van der Waals surface area contributed by atoms with Gasteiger partial charge in [-0.1, -0.05) is 27.7 Å². The SMILES string of the molecule is CC.CC.FC(F)(F)c1ccc(Oc2ccc(-n3ccc4ccncc43)cc2)cc1. The summed E-state index contributed by atoms with van der Waals surface area (Å²) in [7, 11) is 0. The number of rotatable bonds is 3. The van der Waals surface area contributed by atoms with E-state index >= 15 is 0 Å². The number of nitrogens with zero attached hydrogens (tertiary/aromatic N) is 2. The lowest BCUT2D eigenvalue weighted by atomic mass is 10.2. The van der Waals surface area contributed by atoms with Crippen LogP contribution in [0.3, 0.4) is 0 Å². The lowest BCUT2D eigenvalue weighted by molar-refractivity contribution is -0.137. The molecule has 0 aliphatic carbocycles. The highest BCUT2D eigenvalue weighted by molar-refractivity contribution is 5.80. The van der Waals surface area contributed by atoms with Crippen molar-refractivity contribution in [2.75, 3.05) is 0 Å². The molecule has 2 heterocycles. The van der Waals surface area contributed by atoms with Crippen LogP contribution in [0.4, 0.5) is 13.2 Å². The van der Waals surface area contributed by atoms with Crippen LogP contribution in [0.25, 0.3) is 16.6 Å². The van der Waals surface area contributed by atoms with Crippen LogP contribution in [0.5, 0.6) is 11.5 Å². The molecule has 2 aromatic carbocycles. The van der Waals surface area contributed by atoms with E-state index in [9.17, 15) is 13.2 Å². The van der Waals surface area contributed by atoms with Gasteiger partial charge < -0.3 is 9.30 Å². The topological polar surface area (TPSA) is 27.1 Å². The zero-order valence-corrected chi connectivity index (χ0v) is 17.4. The standard InChI is InChI=1S/C20H13F3N2O.2C2H6/c21-20(22,23)15-1-5-17(6-2-15)26-18-7-3-16(4-8-18)25-12-10-14-9-11-24-13-19(14)25;2*1-2/h1-13H;2*1-2H3. The van der Waals surface area contributed by atoms with Crippen LogP contribution in [0.2, 0.25) is 0 Å². The van der Waals surface area contributed by atoms with Crippen LogP contribution in [0.15, 0.2) is 79.3 Å². The van der Waals surface area contributed by atoms with Crippen molar-refractivity contribution in [3.05, 3.63) is 84.8 Å². The number of hydrogen-bond acceptors (Lipinski definition) is 2. The van der Waals surface area contributed by atoms with Gasteiger partial charge in [0.25, 0.3) is 0 Å². The molecule has 0 aliphatic heterocycles. The maximum absolute atomic E-state index is 12.6. The summed E-state index contributed by atoms with van der Waals surface area (Å²) in [5.41, 5.74) is 1.23. The Kier molecular flexibility index (Phi) is 8.04. The summed E-state index contributed by atoms with van der Waals surface area (Å²) in [6.45, 7) is 8.00. The summed E-state index contributed by atoms with van der Waals surface area (Å²) in [4.78, 5) is 4.14. The summed E-state index contributed by atoms with van der Waals surface area (Å²) in [5.74, 6) is 0.893. The van der Waals surface area contributed by atoms with E-state index in [0.717, 1.165) is 28.7 Å². The van der Waals surface area contributed by atoms with Crippen molar-refractivity contribution in [3.8, 4) is 17.2 Å². The van der Waals surface area contributed by atoms with Crippen LogP contribution in [-0.4, -0.2) is 9.55 Å². The lowest BCUT2D eigenvalue weighted by Gasteiger charge is -2.10. The molecule has 6 heteroatoms. The fourth-order valence-electron chi connectivity index (χ4n) is 2.72. The van der Waals surface area contributed by atoms with Gasteiger partial charge in [0.1, 0.15) is 11.5 Å². The average molecular weight is 414 g/mol. The van der Waals surface area contributed by atoms with E-state index in [2.05, 4.69) is 4.98 Å². The van der Waals surface area contributed by atoms with E-state index in [4.69, 9.17) is 4.74 Å². The third-order valence-corrected chi connectivity index (χ3v) is 4.03. The van der Waals surface area contributed by atoms with E-state index in [-0.39, 0.29) is 0 Å². The highest BCUT2D eigenvalue weighted by Crippen LogP contribution is 2.31. The van der Waals surface area contributed by atoms with Gasteiger partial charge in [0.2, 0.25) is 0 Å². The summed E-state index contributed by atoms with van der Waals surface area (Å²) >= 11 is 0. The number of fused-ring (bicyclic) bond motifs is 1. The first-order valence-electron chi connectivity index (χ1n) is 9.87. The molecule has 158 valence electrons. The molecule has 4 aromatic rings. The summed E-state index contributed by atoms with van der Waals surface area (Å²) in [6.07, 6.45) is 1.14. The number of aromatic nitrogens is 2. The first-order valence-corrected chi connectivity index (χ1v) is 9.87. The molecule has 4 rings (SSSR count). The molecule has 2 aromatic heterocycles. The van der Waals surface area contributed by atoms with E-state index in [0.29, 0.717) is 11.5 Å². The van der Waals surface area contributed by atoms with Crippen molar-refractivity contribution in [2.24, 2.45) is 0 Å². The normalized spacial score (nSPS) is 10.5. The van der Waals surface area contributed by atoms with Gasteiger partial charge in [-0.3, -0.25) is 4.98 Å². The van der Waals surface area contributed by atoms with Crippen LogP contribution in [-0.2, 0) is 6.18 Å². The van der Waals surface area contributed by atoms with Gasteiger partial charge in [-0.15, -0.1) is 0 Å². The van der Waals surface area contributed by atoms with Gasteiger partial charge in [0, 0.05) is 23.5 Å². The van der Waals surface area contributed by atoms with Crippen molar-refractivity contribution < 1.29 is 17.9 Å². The Morgan fingerprint density at radius 3 is 1.90 bits per heavy atom. The number of halogens is 3. The van der Waals surface area contributed by atoms with Crippen LogP contribution >= 0.6 is 0 Å². The molecule has 0 spiro atoms. The van der Waals surface area contributed by atoms with Crippen LogP contribution in [0, 0.1) is 0 Å². The Labute approximate surface area is 174 Å². The van der Waals surface area contributed by atoms with Crippen molar-refractivity contribution in [2.45, 2.75) is 33.9 Å². The molecule has 0 radical (unpaired) electrons. The fourth-order valence-corrected chi connectivity index (χ4v) is 2.72. The van der Waals surface area contributed by atoms with E-state index in [1.54, 1.807) is 24.5 Å². The Balaban J connectivity index is 0.000000757. The second kappa shape index (κ2) is 10.5. The van der Waals surface area contributed by atoms with Crippen molar-refractivity contribution in [1.82, 2.24) is 9.55 Å². The highest BCUT2D eigenvalue weighted by Gasteiger charge is 2.30. The van der Waals surface area contributed by atoms with Crippen LogP contribution in [0.1, 0.15) is 33.3 Å². The molecule has 0 atom stereocenters. The number of pyridine rings is 1. The molecule has 0 saturated heterocycles. The molecule has 0 saturated carbocycles. The first-order chi connectivity index (χ1) is 14.5. The molecule has 0 N–H and O–H groups in total. The smallest absolute Gasteiger partial charge is 0.416 e. The Hall–Kier alpha value is -3.28. The van der Waals surface area contributed by atoms with E-state index in [1.165, 1.54) is 12.1 Å². The van der Waals surface area contributed by atoms with E-state index in [1.807, 2.05) is 62.7 Å². The van der Waals surface area contributed by atoms with Crippen molar-refractivity contribution in [1.29, 1.82) is 0 Å². The minimum atomic E-state index is -4.35. The van der Waals surface area contributed by atoms with Gasteiger partial charge in [-0.2, -0.15) is 13.2 Å². The van der Waals surface area contributed by atoms with Gasteiger partial charge in [-0.25, -0.2) is 0 Å². The third kappa shape index (κ3) is 5.41. The Morgan fingerprint density at radius 1 is 0.767 bits per heavy atom. The molecule has 3 nitrogen and oxygen atoms in total. The quantitative estimate of drug-likeness (QED) is 0.341. The van der Waals surface area contributed by atoms with Gasteiger partial charge in [0.05, 0.1) is 17.3 Å². The maximum Gasteiger partial charge on any atom is 0.416 e. The molecule has 30 heavy (non-hydrogen) atoms. The minimum Gasteiger partial charge on any atom is -0.457 e.